The molecule has 1 aliphatic carbocycles. The molecule has 19 heavy (non-hydrogen) atoms. The molecule has 106 valence electrons. The number of allylic oxidation sites excluding steroid dienone is 5. The molecule has 1 nitrogen and oxygen atoms in total. The van der Waals surface area contributed by atoms with Gasteiger partial charge in [0, 0.05) is 17.8 Å². The van der Waals surface area contributed by atoms with E-state index in [-0.39, 0.29) is 0 Å². The third kappa shape index (κ3) is 5.10. The third-order valence-corrected chi connectivity index (χ3v) is 3.36. The Balaban J connectivity index is 2.82. The number of hydrogen-bond acceptors (Lipinski definition) is 1. The van der Waals surface area contributed by atoms with Crippen molar-refractivity contribution in [2.24, 2.45) is 11.8 Å². The quantitative estimate of drug-likeness (QED) is 0.679. The average Bonchev–Trinajstić information content (AvgIpc) is 2.33. The monoisotopic (exact) mass is 259 g/mol. The lowest BCUT2D eigenvalue weighted by molar-refractivity contribution is 0.582. The smallest absolute Gasteiger partial charge is 0.0446 e. The molecular weight excluding hydrogens is 230 g/mol. The fourth-order valence-corrected chi connectivity index (χ4v) is 2.11. The van der Waals surface area contributed by atoms with Crippen LogP contribution in [0, 0.1) is 11.8 Å². The van der Waals surface area contributed by atoms with Crippen LogP contribution in [0.3, 0.4) is 0 Å². The van der Waals surface area contributed by atoms with Crippen LogP contribution >= 0.6 is 0 Å². The molecule has 1 aliphatic rings. The van der Waals surface area contributed by atoms with E-state index in [9.17, 15) is 0 Å². The summed E-state index contributed by atoms with van der Waals surface area (Å²) < 4.78 is 0. The van der Waals surface area contributed by atoms with E-state index in [1.807, 2.05) is 0 Å². The molecule has 0 bridgehead atoms. The molecule has 1 rings (SSSR count). The molecule has 0 fully saturated rings. The van der Waals surface area contributed by atoms with Crippen LogP contribution in [-0.2, 0) is 0 Å². The van der Waals surface area contributed by atoms with Gasteiger partial charge in [0.25, 0.3) is 0 Å². The molecule has 0 saturated heterocycles. The summed E-state index contributed by atoms with van der Waals surface area (Å²) in [5.41, 5.74) is 4.89. The first-order valence-electron chi connectivity index (χ1n) is 7.42. The molecule has 0 aromatic rings. The average molecular weight is 259 g/mol. The SMILES string of the molecule is C=C(CCC(C)C)C1=C(NCC(C)C)C(=C)CC=C1. The van der Waals surface area contributed by atoms with Crippen molar-refractivity contribution in [2.75, 3.05) is 6.54 Å². The van der Waals surface area contributed by atoms with Crippen molar-refractivity contribution in [1.82, 2.24) is 5.32 Å². The molecule has 1 N–H and O–H groups in total. The van der Waals surface area contributed by atoms with Crippen LogP contribution in [-0.4, -0.2) is 6.54 Å². The van der Waals surface area contributed by atoms with Gasteiger partial charge in [0.15, 0.2) is 0 Å². The predicted octanol–water partition coefficient (Wildman–Crippen LogP) is 4.99. The minimum absolute atomic E-state index is 0.636. The van der Waals surface area contributed by atoms with Gasteiger partial charge in [-0.25, -0.2) is 0 Å². The summed E-state index contributed by atoms with van der Waals surface area (Å²) in [6.07, 6.45) is 7.61. The maximum atomic E-state index is 4.27. The Labute approximate surface area is 119 Å². The van der Waals surface area contributed by atoms with Gasteiger partial charge in [0.2, 0.25) is 0 Å². The van der Waals surface area contributed by atoms with Crippen molar-refractivity contribution >= 4 is 0 Å². The minimum atomic E-state index is 0.636. The fourth-order valence-electron chi connectivity index (χ4n) is 2.11. The molecule has 0 aromatic carbocycles. The minimum Gasteiger partial charge on any atom is -0.384 e. The summed E-state index contributed by atoms with van der Waals surface area (Å²) in [7, 11) is 0. The second-order valence-corrected chi connectivity index (χ2v) is 6.31. The molecule has 0 atom stereocenters. The maximum absolute atomic E-state index is 4.27. The van der Waals surface area contributed by atoms with Gasteiger partial charge in [-0.3, -0.25) is 0 Å². The summed E-state index contributed by atoms with van der Waals surface area (Å²) in [4.78, 5) is 0. The Morgan fingerprint density at radius 3 is 2.53 bits per heavy atom. The summed E-state index contributed by atoms with van der Waals surface area (Å²) in [6.45, 7) is 18.4. The van der Waals surface area contributed by atoms with Gasteiger partial charge in [-0.2, -0.15) is 0 Å². The topological polar surface area (TPSA) is 12.0 Å². The predicted molar refractivity (Wildman–Crippen MR) is 86.0 cm³/mol. The number of nitrogens with one attached hydrogen (secondary N) is 1. The first kappa shape index (κ1) is 15.8. The zero-order chi connectivity index (χ0) is 14.4. The molecule has 0 amide bonds. The van der Waals surface area contributed by atoms with Crippen molar-refractivity contribution in [2.45, 2.75) is 47.0 Å². The summed E-state index contributed by atoms with van der Waals surface area (Å²) in [5, 5.41) is 3.56. The fraction of sp³-hybridized carbons (Fsp3) is 0.556. The van der Waals surface area contributed by atoms with Crippen LogP contribution in [0.2, 0.25) is 0 Å². The van der Waals surface area contributed by atoms with Gasteiger partial charge < -0.3 is 5.32 Å². The van der Waals surface area contributed by atoms with E-state index in [0.29, 0.717) is 5.92 Å². The van der Waals surface area contributed by atoms with Crippen LogP contribution in [0.1, 0.15) is 47.0 Å². The van der Waals surface area contributed by atoms with Gasteiger partial charge in [0.05, 0.1) is 0 Å². The van der Waals surface area contributed by atoms with Crippen LogP contribution in [0.15, 0.2) is 47.7 Å². The lowest BCUT2D eigenvalue weighted by Crippen LogP contribution is -2.23. The van der Waals surface area contributed by atoms with Crippen LogP contribution in [0.4, 0.5) is 0 Å². The van der Waals surface area contributed by atoms with E-state index >= 15 is 0 Å². The zero-order valence-corrected chi connectivity index (χ0v) is 13.1. The molecule has 0 spiro atoms. The molecular formula is C18H29N. The summed E-state index contributed by atoms with van der Waals surface area (Å²) >= 11 is 0. The summed E-state index contributed by atoms with van der Waals surface area (Å²) in [6, 6.07) is 0. The Morgan fingerprint density at radius 1 is 1.26 bits per heavy atom. The normalized spacial score (nSPS) is 15.6. The summed E-state index contributed by atoms with van der Waals surface area (Å²) in [5.74, 6) is 1.36. The molecule has 0 aliphatic heterocycles. The van der Waals surface area contributed by atoms with Crippen LogP contribution < -0.4 is 5.32 Å². The highest BCUT2D eigenvalue weighted by Gasteiger charge is 2.14. The molecule has 0 saturated carbocycles. The molecule has 0 heterocycles. The Bertz CT molecular complexity index is 394. The highest BCUT2D eigenvalue weighted by atomic mass is 14.9. The van der Waals surface area contributed by atoms with E-state index in [0.717, 1.165) is 25.3 Å². The van der Waals surface area contributed by atoms with Crippen molar-refractivity contribution in [3.63, 3.8) is 0 Å². The Hall–Kier alpha value is -1.24. The second kappa shape index (κ2) is 7.37. The number of rotatable bonds is 7. The zero-order valence-electron chi connectivity index (χ0n) is 13.1. The standard InChI is InChI=1S/C18H29N/c1-13(2)10-11-15(5)17-9-7-8-16(6)18(17)19-12-14(3)4/h7,9,13-14,19H,5-6,8,10-12H2,1-4H3. The molecule has 0 radical (unpaired) electrons. The lowest BCUT2D eigenvalue weighted by Gasteiger charge is -2.22. The highest BCUT2D eigenvalue weighted by Crippen LogP contribution is 2.28. The van der Waals surface area contributed by atoms with Gasteiger partial charge in [-0.05, 0) is 42.2 Å². The Kier molecular flexibility index (Phi) is 6.14. The van der Waals surface area contributed by atoms with Gasteiger partial charge >= 0.3 is 0 Å². The highest BCUT2D eigenvalue weighted by molar-refractivity contribution is 5.51. The second-order valence-electron chi connectivity index (χ2n) is 6.31. The Morgan fingerprint density at radius 2 is 1.95 bits per heavy atom. The third-order valence-electron chi connectivity index (χ3n) is 3.36. The number of hydrogen-bond donors (Lipinski definition) is 1. The van der Waals surface area contributed by atoms with Gasteiger partial charge in [0.1, 0.15) is 0 Å². The molecule has 1 heteroatoms. The lowest BCUT2D eigenvalue weighted by atomic mass is 9.90. The van der Waals surface area contributed by atoms with Crippen LogP contribution in [0.25, 0.3) is 0 Å². The van der Waals surface area contributed by atoms with Crippen LogP contribution in [0.5, 0.6) is 0 Å². The van der Waals surface area contributed by atoms with E-state index in [1.54, 1.807) is 0 Å². The van der Waals surface area contributed by atoms with E-state index < -0.39 is 0 Å². The van der Waals surface area contributed by atoms with Crippen molar-refractivity contribution < 1.29 is 0 Å². The molecule has 0 aromatic heterocycles. The largest absolute Gasteiger partial charge is 0.384 e. The van der Waals surface area contributed by atoms with E-state index in [1.165, 1.54) is 28.8 Å². The maximum Gasteiger partial charge on any atom is 0.0446 e. The van der Waals surface area contributed by atoms with E-state index in [2.05, 4.69) is 58.3 Å². The van der Waals surface area contributed by atoms with Gasteiger partial charge in [-0.1, -0.05) is 53.0 Å². The van der Waals surface area contributed by atoms with Gasteiger partial charge in [-0.15, -0.1) is 0 Å². The molecule has 0 unspecified atom stereocenters. The van der Waals surface area contributed by atoms with E-state index in [4.69, 9.17) is 0 Å². The first-order chi connectivity index (χ1) is 8.91. The van der Waals surface area contributed by atoms with Crippen molar-refractivity contribution in [3.05, 3.63) is 47.7 Å². The first-order valence-corrected chi connectivity index (χ1v) is 7.42. The van der Waals surface area contributed by atoms with Crippen molar-refractivity contribution in [1.29, 1.82) is 0 Å². The van der Waals surface area contributed by atoms with Crippen molar-refractivity contribution in [3.8, 4) is 0 Å².